The lowest BCUT2D eigenvalue weighted by molar-refractivity contribution is -0.172. The summed E-state index contributed by atoms with van der Waals surface area (Å²) in [6, 6.07) is 4.10. The monoisotopic (exact) mass is 663 g/mol. The smallest absolute Gasteiger partial charge is 0.344 e. The third kappa shape index (κ3) is 16.2. The molecule has 0 spiro atoms. The number of methoxy groups -OCH3 is 1. The van der Waals surface area contributed by atoms with Crippen LogP contribution in [0, 0.1) is 5.92 Å². The highest BCUT2D eigenvalue weighted by Crippen LogP contribution is 2.26. The maximum absolute atomic E-state index is 13.5. The Kier molecular flexibility index (Phi) is 19.3. The minimum atomic E-state index is -3.07. The van der Waals surface area contributed by atoms with Crippen LogP contribution in [0.25, 0.3) is 0 Å². The molecule has 0 heterocycles. The number of benzene rings is 1. The Morgan fingerprint density at radius 2 is 1.49 bits per heavy atom. The van der Waals surface area contributed by atoms with Crippen molar-refractivity contribution in [1.82, 2.24) is 5.32 Å². The molecule has 262 valence electrons. The number of carbonyl (C=O) groups is 6. The standard InChI is InChI=1S/C34H49NO12/c1-3-4-5-8-11-14-25(36)15-12-9-6-7-10-13-16-27(34(45,33(43)44)22-29(38)39)31(41)35-28(32(42)47-23-30(40)46-2)21-24-17-19-26(37)20-18-24/h13,16-20,27-28,37,45H,3-12,14-15,21-23H2,1-2H3,(H,35,41)(H,38,39)(H,43,44)/b16-13+/t27-,28+,34+/m1/s1. The van der Waals surface area contributed by atoms with E-state index in [2.05, 4.69) is 17.0 Å². The zero-order chi connectivity index (χ0) is 35.2. The van der Waals surface area contributed by atoms with Crippen molar-refractivity contribution in [3.05, 3.63) is 42.0 Å². The molecule has 1 aromatic rings. The number of esters is 2. The van der Waals surface area contributed by atoms with Crippen LogP contribution in [0.1, 0.15) is 96.0 Å². The van der Waals surface area contributed by atoms with Crippen LogP contribution in [0.2, 0.25) is 0 Å². The molecule has 3 atom stereocenters. The van der Waals surface area contributed by atoms with Crippen LogP contribution >= 0.6 is 0 Å². The molecule has 1 aromatic carbocycles. The second-order valence-corrected chi connectivity index (χ2v) is 11.5. The molecule has 13 heteroatoms. The predicted octanol–water partition coefficient (Wildman–Crippen LogP) is 3.87. The quantitative estimate of drug-likeness (QED) is 0.0573. The lowest BCUT2D eigenvalue weighted by Crippen LogP contribution is -2.55. The summed E-state index contributed by atoms with van der Waals surface area (Å²) in [5.74, 6) is -8.49. The van der Waals surface area contributed by atoms with E-state index in [1.165, 1.54) is 36.8 Å². The van der Waals surface area contributed by atoms with E-state index in [0.717, 1.165) is 58.1 Å². The van der Waals surface area contributed by atoms with E-state index in [4.69, 9.17) is 4.74 Å². The van der Waals surface area contributed by atoms with Gasteiger partial charge in [0.15, 0.2) is 12.2 Å². The van der Waals surface area contributed by atoms with Crippen molar-refractivity contribution in [3.63, 3.8) is 0 Å². The van der Waals surface area contributed by atoms with Gasteiger partial charge in [0.05, 0.1) is 19.4 Å². The first-order valence-electron chi connectivity index (χ1n) is 16.0. The van der Waals surface area contributed by atoms with Crippen molar-refractivity contribution >= 4 is 35.6 Å². The molecular formula is C34H49NO12. The number of aromatic hydroxyl groups is 1. The maximum Gasteiger partial charge on any atom is 0.344 e. The third-order valence-corrected chi connectivity index (χ3v) is 7.59. The van der Waals surface area contributed by atoms with Crippen LogP contribution in [0.15, 0.2) is 36.4 Å². The van der Waals surface area contributed by atoms with E-state index in [1.807, 2.05) is 0 Å². The van der Waals surface area contributed by atoms with Crippen molar-refractivity contribution in [2.45, 2.75) is 108 Å². The zero-order valence-corrected chi connectivity index (χ0v) is 27.3. The first-order valence-corrected chi connectivity index (χ1v) is 16.0. The highest BCUT2D eigenvalue weighted by Gasteiger charge is 2.49. The number of aliphatic hydroxyl groups is 1. The summed E-state index contributed by atoms with van der Waals surface area (Å²) in [4.78, 5) is 73.5. The highest BCUT2D eigenvalue weighted by molar-refractivity contribution is 5.95. The fourth-order valence-electron chi connectivity index (χ4n) is 4.85. The van der Waals surface area contributed by atoms with Gasteiger partial charge in [0, 0.05) is 19.3 Å². The van der Waals surface area contributed by atoms with E-state index in [0.29, 0.717) is 31.2 Å². The number of rotatable bonds is 25. The summed E-state index contributed by atoms with van der Waals surface area (Å²) in [5, 5.41) is 42.0. The van der Waals surface area contributed by atoms with Crippen molar-refractivity contribution in [3.8, 4) is 5.75 Å². The topological polar surface area (TPSA) is 214 Å². The van der Waals surface area contributed by atoms with Crippen LogP contribution in [-0.2, 0) is 44.7 Å². The number of carboxylic acids is 2. The van der Waals surface area contributed by atoms with E-state index in [-0.39, 0.29) is 18.0 Å². The molecule has 0 radical (unpaired) electrons. The summed E-state index contributed by atoms with van der Waals surface area (Å²) in [5.41, 5.74) is -2.62. The Balaban J connectivity index is 2.96. The average molecular weight is 664 g/mol. The largest absolute Gasteiger partial charge is 0.508 e. The first kappa shape index (κ1) is 40.8. The molecule has 1 rings (SSSR count). The van der Waals surface area contributed by atoms with Crippen molar-refractivity contribution < 1.29 is 58.7 Å². The number of aliphatic carboxylic acids is 2. The summed E-state index contributed by atoms with van der Waals surface area (Å²) in [6.45, 7) is 1.37. The number of hydrogen-bond donors (Lipinski definition) is 5. The average Bonchev–Trinajstić information content (AvgIpc) is 3.02. The minimum Gasteiger partial charge on any atom is -0.508 e. The molecule has 0 bridgehead atoms. The van der Waals surface area contributed by atoms with Gasteiger partial charge in [-0.2, -0.15) is 0 Å². The molecule has 0 aliphatic rings. The molecule has 1 amide bonds. The summed E-state index contributed by atoms with van der Waals surface area (Å²) in [7, 11) is 1.08. The van der Waals surface area contributed by atoms with Gasteiger partial charge in [0.25, 0.3) is 0 Å². The van der Waals surface area contributed by atoms with E-state index < -0.39 is 60.4 Å². The lowest BCUT2D eigenvalue weighted by atomic mass is 9.82. The SMILES string of the molecule is CCCCCCCC(=O)CCCCCC/C=C/[C@H](C(=O)N[C@@H](Cc1ccc(O)cc1)C(=O)OCC(=O)OC)[C@@](O)(CC(=O)O)C(=O)O. The predicted molar refractivity (Wildman–Crippen MR) is 170 cm³/mol. The van der Waals surface area contributed by atoms with E-state index in [9.17, 15) is 49.2 Å². The van der Waals surface area contributed by atoms with Crippen molar-refractivity contribution in [2.24, 2.45) is 5.92 Å². The number of allylic oxidation sites excluding steroid dienone is 1. The number of ether oxygens (including phenoxy) is 2. The fourth-order valence-corrected chi connectivity index (χ4v) is 4.85. The van der Waals surface area contributed by atoms with Gasteiger partial charge < -0.3 is 35.2 Å². The second-order valence-electron chi connectivity index (χ2n) is 11.5. The van der Waals surface area contributed by atoms with E-state index >= 15 is 0 Å². The molecule has 0 saturated heterocycles. The summed E-state index contributed by atoms with van der Waals surface area (Å²) < 4.78 is 9.39. The van der Waals surface area contributed by atoms with Gasteiger partial charge in [0.1, 0.15) is 17.6 Å². The lowest BCUT2D eigenvalue weighted by Gasteiger charge is -2.29. The molecular weight excluding hydrogens is 614 g/mol. The normalized spacial score (nSPS) is 13.7. The number of phenols is 1. The number of ketones is 1. The fraction of sp³-hybridized carbons (Fsp3) is 0.588. The van der Waals surface area contributed by atoms with E-state index in [1.54, 1.807) is 0 Å². The van der Waals surface area contributed by atoms with Crippen LogP contribution in [-0.4, -0.2) is 81.4 Å². The number of carbonyl (C=O) groups excluding carboxylic acids is 4. The Morgan fingerprint density at radius 3 is 2.04 bits per heavy atom. The molecule has 13 nitrogen and oxygen atoms in total. The summed E-state index contributed by atoms with van der Waals surface area (Å²) >= 11 is 0. The molecule has 0 saturated carbocycles. The van der Waals surface area contributed by atoms with Crippen LogP contribution in [0.5, 0.6) is 5.75 Å². The van der Waals surface area contributed by atoms with Crippen molar-refractivity contribution in [2.75, 3.05) is 13.7 Å². The molecule has 0 fully saturated rings. The maximum atomic E-state index is 13.5. The van der Waals surface area contributed by atoms with Gasteiger partial charge in [0.2, 0.25) is 5.91 Å². The van der Waals surface area contributed by atoms with Crippen LogP contribution in [0.3, 0.4) is 0 Å². The number of unbranched alkanes of at least 4 members (excludes halogenated alkanes) is 8. The molecule has 0 aliphatic carbocycles. The number of amides is 1. The Labute approximate surface area is 275 Å². The Morgan fingerprint density at radius 1 is 0.894 bits per heavy atom. The van der Waals surface area contributed by atoms with Crippen LogP contribution < -0.4 is 5.32 Å². The highest BCUT2D eigenvalue weighted by atomic mass is 16.6. The third-order valence-electron chi connectivity index (χ3n) is 7.59. The number of hydrogen-bond acceptors (Lipinski definition) is 10. The number of carboxylic acid groups (broad SMARTS) is 2. The van der Waals surface area contributed by atoms with Gasteiger partial charge >= 0.3 is 23.9 Å². The Hall–Kier alpha value is -4.26. The van der Waals surface area contributed by atoms with Gasteiger partial charge in [-0.1, -0.05) is 69.7 Å². The molecule has 0 unspecified atom stereocenters. The Bertz CT molecular complexity index is 1200. The van der Waals surface area contributed by atoms with Gasteiger partial charge in [-0.25, -0.2) is 14.4 Å². The molecule has 0 aromatic heterocycles. The number of Topliss-reactive ketones (excluding diaryl/α,β-unsaturated/α-hetero) is 1. The van der Waals surface area contributed by atoms with Gasteiger partial charge in [-0.15, -0.1) is 0 Å². The van der Waals surface area contributed by atoms with Gasteiger partial charge in [-0.3, -0.25) is 14.4 Å². The summed E-state index contributed by atoms with van der Waals surface area (Å²) in [6.07, 6.45) is 10.9. The van der Waals surface area contributed by atoms with Crippen LogP contribution in [0.4, 0.5) is 0 Å². The zero-order valence-electron chi connectivity index (χ0n) is 27.3. The number of phenolic OH excluding ortho intramolecular Hbond substituents is 1. The van der Waals surface area contributed by atoms with Crippen molar-refractivity contribution in [1.29, 1.82) is 0 Å². The first-order chi connectivity index (χ1) is 22.3. The minimum absolute atomic E-state index is 0.0605. The molecule has 47 heavy (non-hydrogen) atoms. The second kappa shape index (κ2) is 22.3. The molecule has 0 aliphatic heterocycles. The van der Waals surface area contributed by atoms with Gasteiger partial charge in [-0.05, 0) is 43.4 Å². The number of nitrogens with one attached hydrogen (secondary N) is 1. The molecule has 5 N–H and O–H groups in total.